The van der Waals surface area contributed by atoms with Crippen molar-refractivity contribution < 1.29 is 24.0 Å². The molecule has 25 heavy (non-hydrogen) atoms. The predicted molar refractivity (Wildman–Crippen MR) is 86.8 cm³/mol. The Bertz CT molecular complexity index is 858. The first-order valence-corrected chi connectivity index (χ1v) is 7.32. The van der Waals surface area contributed by atoms with Gasteiger partial charge in [0.1, 0.15) is 5.75 Å². The summed E-state index contributed by atoms with van der Waals surface area (Å²) in [6.07, 6.45) is 0. The predicted octanol–water partition coefficient (Wildman–Crippen LogP) is 2.41. The van der Waals surface area contributed by atoms with E-state index in [1.807, 2.05) is 0 Å². The van der Waals surface area contributed by atoms with Gasteiger partial charge in [-0.3, -0.25) is 24.6 Å². The third kappa shape index (κ3) is 2.67. The van der Waals surface area contributed by atoms with Crippen LogP contribution in [0.2, 0.25) is 0 Å². The Morgan fingerprint density at radius 2 is 1.56 bits per heavy atom. The molecule has 3 rings (SSSR count). The lowest BCUT2D eigenvalue weighted by Crippen LogP contribution is -2.29. The summed E-state index contributed by atoms with van der Waals surface area (Å²) in [6, 6.07) is 9.16. The third-order valence-corrected chi connectivity index (χ3v) is 3.99. The summed E-state index contributed by atoms with van der Waals surface area (Å²) < 4.78 is 10.2. The number of carbonyl (C=O) groups excluding carboxylic acids is 2. The fourth-order valence-electron chi connectivity index (χ4n) is 2.76. The van der Waals surface area contributed by atoms with E-state index in [0.29, 0.717) is 16.7 Å². The number of nitro benzene ring substituents is 1. The van der Waals surface area contributed by atoms with Crippen molar-refractivity contribution >= 4 is 17.5 Å². The van der Waals surface area contributed by atoms with Crippen LogP contribution < -0.4 is 9.47 Å². The van der Waals surface area contributed by atoms with Gasteiger partial charge in [0.2, 0.25) is 0 Å². The number of imide groups is 1. The smallest absolute Gasteiger partial charge is 0.314 e. The van der Waals surface area contributed by atoms with Crippen LogP contribution >= 0.6 is 0 Å². The SMILES string of the molecule is COc1cc([N+](=O)[O-])c(OC)cc1CN1C(=O)c2ccccc2C1=O. The number of benzene rings is 2. The van der Waals surface area contributed by atoms with Gasteiger partial charge in [-0.25, -0.2) is 0 Å². The van der Waals surface area contributed by atoms with Crippen LogP contribution in [-0.4, -0.2) is 35.9 Å². The molecule has 0 atom stereocenters. The zero-order valence-electron chi connectivity index (χ0n) is 13.5. The molecule has 1 aliphatic heterocycles. The highest BCUT2D eigenvalue weighted by Gasteiger charge is 2.36. The van der Waals surface area contributed by atoms with Crippen LogP contribution in [0, 0.1) is 10.1 Å². The van der Waals surface area contributed by atoms with Crippen molar-refractivity contribution in [3.05, 3.63) is 63.2 Å². The molecule has 2 aromatic rings. The third-order valence-electron chi connectivity index (χ3n) is 3.99. The highest BCUT2D eigenvalue weighted by Crippen LogP contribution is 2.36. The second-order valence-corrected chi connectivity index (χ2v) is 5.34. The number of rotatable bonds is 5. The van der Waals surface area contributed by atoms with Crippen molar-refractivity contribution in [2.75, 3.05) is 14.2 Å². The van der Waals surface area contributed by atoms with Crippen LogP contribution in [0.15, 0.2) is 36.4 Å². The number of amides is 2. The molecule has 0 spiro atoms. The molecule has 0 unspecified atom stereocenters. The lowest BCUT2D eigenvalue weighted by atomic mass is 10.1. The average Bonchev–Trinajstić information content (AvgIpc) is 2.86. The molecule has 0 saturated carbocycles. The molecule has 128 valence electrons. The molecular formula is C17H14N2O6. The molecule has 0 bridgehead atoms. The van der Waals surface area contributed by atoms with Crippen molar-refractivity contribution in [1.82, 2.24) is 4.90 Å². The van der Waals surface area contributed by atoms with Crippen LogP contribution in [0.4, 0.5) is 5.69 Å². The number of nitro groups is 1. The largest absolute Gasteiger partial charge is 0.496 e. The van der Waals surface area contributed by atoms with Crippen molar-refractivity contribution in [3.63, 3.8) is 0 Å². The molecular weight excluding hydrogens is 328 g/mol. The molecule has 1 aliphatic rings. The van der Waals surface area contributed by atoms with E-state index in [4.69, 9.17) is 9.47 Å². The molecule has 8 heteroatoms. The second-order valence-electron chi connectivity index (χ2n) is 5.34. The first-order chi connectivity index (χ1) is 12.0. The van der Waals surface area contributed by atoms with Gasteiger partial charge in [-0.05, 0) is 18.2 Å². The molecule has 0 aliphatic carbocycles. The van der Waals surface area contributed by atoms with Gasteiger partial charge in [-0.1, -0.05) is 12.1 Å². The van der Waals surface area contributed by atoms with Crippen LogP contribution in [0.3, 0.4) is 0 Å². The van der Waals surface area contributed by atoms with E-state index in [0.717, 1.165) is 4.90 Å². The van der Waals surface area contributed by atoms with Crippen molar-refractivity contribution in [1.29, 1.82) is 0 Å². The van der Waals surface area contributed by atoms with E-state index < -0.39 is 16.7 Å². The minimum Gasteiger partial charge on any atom is -0.496 e. The van der Waals surface area contributed by atoms with Crippen molar-refractivity contribution in [3.8, 4) is 11.5 Å². The van der Waals surface area contributed by atoms with Gasteiger partial charge >= 0.3 is 5.69 Å². The van der Waals surface area contributed by atoms with Gasteiger partial charge in [-0.2, -0.15) is 0 Å². The average molecular weight is 342 g/mol. The zero-order valence-corrected chi connectivity index (χ0v) is 13.5. The maximum absolute atomic E-state index is 12.5. The zero-order chi connectivity index (χ0) is 18.1. The van der Waals surface area contributed by atoms with E-state index >= 15 is 0 Å². The van der Waals surface area contributed by atoms with E-state index in [9.17, 15) is 19.7 Å². The van der Waals surface area contributed by atoms with E-state index in [2.05, 4.69) is 0 Å². The van der Waals surface area contributed by atoms with Gasteiger partial charge in [-0.15, -0.1) is 0 Å². The quantitative estimate of drug-likeness (QED) is 0.470. The Morgan fingerprint density at radius 3 is 2.04 bits per heavy atom. The van der Waals surface area contributed by atoms with E-state index in [-0.39, 0.29) is 23.7 Å². The summed E-state index contributed by atoms with van der Waals surface area (Å²) in [7, 11) is 2.66. The standard InChI is InChI=1S/C17H14N2O6/c1-24-14-8-13(19(22)23)15(25-2)7-10(14)9-18-16(20)11-5-3-4-6-12(11)17(18)21/h3-8H,9H2,1-2H3. The summed E-state index contributed by atoms with van der Waals surface area (Å²) in [6.45, 7) is -0.0795. The lowest BCUT2D eigenvalue weighted by Gasteiger charge is -2.17. The Labute approximate surface area is 142 Å². The van der Waals surface area contributed by atoms with Crippen LogP contribution in [0.25, 0.3) is 0 Å². The Hall–Kier alpha value is -3.42. The summed E-state index contributed by atoms with van der Waals surface area (Å²) in [4.78, 5) is 36.5. The minimum atomic E-state index is -0.590. The highest BCUT2D eigenvalue weighted by molar-refractivity contribution is 6.21. The minimum absolute atomic E-state index is 0.0254. The van der Waals surface area contributed by atoms with Gasteiger partial charge in [0.05, 0.1) is 42.9 Å². The Balaban J connectivity index is 2.00. The summed E-state index contributed by atoms with van der Waals surface area (Å²) >= 11 is 0. The highest BCUT2D eigenvalue weighted by atomic mass is 16.6. The van der Waals surface area contributed by atoms with Crippen molar-refractivity contribution in [2.45, 2.75) is 6.54 Å². The molecule has 2 amide bonds. The topological polar surface area (TPSA) is 99.0 Å². The summed E-state index contributed by atoms with van der Waals surface area (Å²) in [5, 5.41) is 11.1. The molecule has 8 nitrogen and oxygen atoms in total. The van der Waals surface area contributed by atoms with E-state index in [1.165, 1.54) is 26.4 Å². The number of fused-ring (bicyclic) bond motifs is 1. The number of nitrogens with zero attached hydrogens (tertiary/aromatic N) is 2. The summed E-state index contributed by atoms with van der Waals surface area (Å²) in [5.41, 5.74) is 0.839. The van der Waals surface area contributed by atoms with Gasteiger partial charge in [0, 0.05) is 5.56 Å². The second kappa shape index (κ2) is 6.23. The molecule has 0 fully saturated rings. The molecule has 2 aromatic carbocycles. The Morgan fingerprint density at radius 1 is 1.00 bits per heavy atom. The van der Waals surface area contributed by atoms with E-state index in [1.54, 1.807) is 24.3 Å². The van der Waals surface area contributed by atoms with Crippen LogP contribution in [-0.2, 0) is 6.54 Å². The number of hydrogen-bond donors (Lipinski definition) is 0. The molecule has 0 aromatic heterocycles. The molecule has 0 N–H and O–H groups in total. The fraction of sp³-hybridized carbons (Fsp3) is 0.176. The first-order valence-electron chi connectivity index (χ1n) is 7.32. The first kappa shape index (κ1) is 16.4. The van der Waals surface area contributed by atoms with Gasteiger partial charge < -0.3 is 9.47 Å². The monoisotopic (exact) mass is 342 g/mol. The summed E-state index contributed by atoms with van der Waals surface area (Å²) in [5.74, 6) is -0.610. The molecule has 0 radical (unpaired) electrons. The normalized spacial score (nSPS) is 13.0. The number of hydrogen-bond acceptors (Lipinski definition) is 6. The maximum Gasteiger partial charge on any atom is 0.314 e. The fourth-order valence-corrected chi connectivity index (χ4v) is 2.76. The Kier molecular flexibility index (Phi) is 4.10. The van der Waals surface area contributed by atoms with Crippen LogP contribution in [0.5, 0.6) is 11.5 Å². The number of carbonyl (C=O) groups is 2. The molecule has 0 saturated heterocycles. The number of methoxy groups -OCH3 is 2. The van der Waals surface area contributed by atoms with Crippen LogP contribution in [0.1, 0.15) is 26.3 Å². The lowest BCUT2D eigenvalue weighted by molar-refractivity contribution is -0.385. The number of ether oxygens (including phenoxy) is 2. The molecule has 1 heterocycles. The van der Waals surface area contributed by atoms with Gasteiger partial charge in [0.15, 0.2) is 5.75 Å². The van der Waals surface area contributed by atoms with Crippen molar-refractivity contribution in [2.24, 2.45) is 0 Å². The maximum atomic E-state index is 12.5. The van der Waals surface area contributed by atoms with Gasteiger partial charge in [0.25, 0.3) is 11.8 Å².